The van der Waals surface area contributed by atoms with E-state index in [1.54, 1.807) is 35.2 Å². The Labute approximate surface area is 291 Å². The molecule has 2 atom stereocenters. The molecule has 13 heteroatoms. The Morgan fingerprint density at radius 3 is 2.54 bits per heavy atom. The summed E-state index contributed by atoms with van der Waals surface area (Å²) in [5.74, 6) is -0.556. The molecule has 10 nitrogen and oxygen atoms in total. The summed E-state index contributed by atoms with van der Waals surface area (Å²) >= 11 is 13.9. The van der Waals surface area contributed by atoms with Crippen molar-refractivity contribution in [1.82, 2.24) is 28.9 Å². The zero-order chi connectivity index (χ0) is 33.6. The van der Waals surface area contributed by atoms with Gasteiger partial charge in [-0.2, -0.15) is 0 Å². The van der Waals surface area contributed by atoms with Gasteiger partial charge < -0.3 is 19.5 Å². The van der Waals surface area contributed by atoms with Crippen molar-refractivity contribution in [3.05, 3.63) is 104 Å². The molecular weight excluding hydrogens is 671 g/mol. The number of carbonyl (C=O) groups is 2. The lowest BCUT2D eigenvalue weighted by Crippen LogP contribution is -2.53. The summed E-state index contributed by atoms with van der Waals surface area (Å²) in [5.41, 5.74) is 1.01. The van der Waals surface area contributed by atoms with Gasteiger partial charge in [0.2, 0.25) is 5.91 Å². The van der Waals surface area contributed by atoms with E-state index in [0.29, 0.717) is 66.4 Å². The maximum atomic E-state index is 14.1. The highest BCUT2D eigenvalue weighted by molar-refractivity contribution is 7.17. The van der Waals surface area contributed by atoms with Crippen LogP contribution in [-0.2, 0) is 18.4 Å². The average Bonchev–Trinajstić information content (AvgIpc) is 3.74. The molecular formula is C35H34Cl2N6O4S. The first kappa shape index (κ1) is 32.5. The van der Waals surface area contributed by atoms with Crippen LogP contribution in [0, 0.1) is 5.92 Å². The second-order valence-electron chi connectivity index (χ2n) is 12.7. The van der Waals surface area contributed by atoms with Gasteiger partial charge in [0.25, 0.3) is 11.5 Å². The Morgan fingerprint density at radius 2 is 1.77 bits per heavy atom. The smallest absolute Gasteiger partial charge is 0.263 e. The first-order valence-electron chi connectivity index (χ1n) is 15.9. The van der Waals surface area contributed by atoms with Gasteiger partial charge in [-0.25, -0.2) is 9.97 Å². The van der Waals surface area contributed by atoms with Crippen molar-refractivity contribution in [3.63, 3.8) is 0 Å². The third-order valence-corrected chi connectivity index (χ3v) is 11.6. The summed E-state index contributed by atoms with van der Waals surface area (Å²) in [6.07, 6.45) is 6.08. The molecule has 2 amide bonds. The maximum absolute atomic E-state index is 14.1. The van der Waals surface area contributed by atoms with E-state index >= 15 is 0 Å². The lowest BCUT2D eigenvalue weighted by molar-refractivity contribution is -0.142. The number of likely N-dealkylation sites (tertiary alicyclic amines) is 2. The van der Waals surface area contributed by atoms with E-state index in [0.717, 1.165) is 16.0 Å². The Bertz CT molecular complexity index is 2050. The molecule has 4 aromatic heterocycles. The summed E-state index contributed by atoms with van der Waals surface area (Å²) in [5, 5.41) is 12.6. The number of aliphatic hydroxyl groups is 1. The number of pyridine rings is 1. The van der Waals surface area contributed by atoms with Crippen LogP contribution >= 0.6 is 34.5 Å². The van der Waals surface area contributed by atoms with Gasteiger partial charge in [-0.1, -0.05) is 53.5 Å². The van der Waals surface area contributed by atoms with Crippen molar-refractivity contribution < 1.29 is 14.7 Å². The van der Waals surface area contributed by atoms with E-state index in [-0.39, 0.29) is 40.9 Å². The number of hydrogen-bond donors (Lipinski definition) is 1. The van der Waals surface area contributed by atoms with E-state index in [9.17, 15) is 19.5 Å². The second kappa shape index (κ2) is 13.1. The molecule has 0 spiro atoms. The lowest BCUT2D eigenvalue weighted by atomic mass is 9.79. The van der Waals surface area contributed by atoms with Gasteiger partial charge in [-0.3, -0.25) is 19.0 Å². The van der Waals surface area contributed by atoms with Crippen molar-refractivity contribution in [2.75, 3.05) is 26.2 Å². The molecule has 0 saturated carbocycles. The SMILES string of the molecule is Cn1ccc2c(=O)n(CC3(O)CCN(C(=O)[C@@H]4CCN(C(=O)c5ccc(-c6ccnc(Cl)c6Cl)s5)C[C@H]4c4ccccc4)CC3)cnc21. The van der Waals surface area contributed by atoms with Gasteiger partial charge in [0.1, 0.15) is 17.1 Å². The topological polar surface area (TPSA) is 114 Å². The monoisotopic (exact) mass is 704 g/mol. The molecule has 0 unspecified atom stereocenters. The molecule has 2 fully saturated rings. The zero-order valence-electron chi connectivity index (χ0n) is 26.3. The van der Waals surface area contributed by atoms with Crippen molar-refractivity contribution in [2.45, 2.75) is 37.3 Å². The second-order valence-corrected chi connectivity index (χ2v) is 14.5. The van der Waals surface area contributed by atoms with E-state index < -0.39 is 5.60 Å². The van der Waals surface area contributed by atoms with E-state index in [1.807, 2.05) is 53.2 Å². The van der Waals surface area contributed by atoms with Gasteiger partial charge in [-0.05, 0) is 49.1 Å². The molecule has 248 valence electrons. The van der Waals surface area contributed by atoms with Crippen molar-refractivity contribution in [1.29, 1.82) is 0 Å². The first-order chi connectivity index (χ1) is 23.1. The van der Waals surface area contributed by atoms with Crippen LogP contribution in [0.15, 0.2) is 78.1 Å². The lowest BCUT2D eigenvalue weighted by Gasteiger charge is -2.43. The fourth-order valence-corrected chi connectivity index (χ4v) is 8.41. The predicted molar refractivity (Wildman–Crippen MR) is 187 cm³/mol. The van der Waals surface area contributed by atoms with Gasteiger partial charge in [0.05, 0.1) is 27.4 Å². The molecule has 5 aromatic rings. The van der Waals surface area contributed by atoms with Crippen molar-refractivity contribution in [3.8, 4) is 10.4 Å². The molecule has 1 aromatic carbocycles. The highest BCUT2D eigenvalue weighted by atomic mass is 35.5. The summed E-state index contributed by atoms with van der Waals surface area (Å²) in [6, 6.07) is 17.1. The van der Waals surface area contributed by atoms with Crippen molar-refractivity contribution >= 4 is 57.4 Å². The van der Waals surface area contributed by atoms with Crippen LogP contribution in [0.5, 0.6) is 0 Å². The maximum Gasteiger partial charge on any atom is 0.263 e. The Balaban J connectivity index is 1.04. The number of benzene rings is 1. The van der Waals surface area contributed by atoms with Gasteiger partial charge in [-0.15, -0.1) is 11.3 Å². The van der Waals surface area contributed by atoms with Crippen LogP contribution < -0.4 is 5.56 Å². The largest absolute Gasteiger partial charge is 0.388 e. The number of aromatic nitrogens is 4. The van der Waals surface area contributed by atoms with Gasteiger partial charge >= 0.3 is 0 Å². The molecule has 0 bridgehead atoms. The summed E-state index contributed by atoms with van der Waals surface area (Å²) < 4.78 is 3.26. The number of hydrogen-bond acceptors (Lipinski definition) is 7. The fraction of sp³-hybridized carbons (Fsp3) is 0.343. The van der Waals surface area contributed by atoms with Gasteiger partial charge in [0.15, 0.2) is 0 Å². The Kier molecular flexibility index (Phi) is 8.88. The highest BCUT2D eigenvalue weighted by Crippen LogP contribution is 2.39. The minimum Gasteiger partial charge on any atom is -0.388 e. The van der Waals surface area contributed by atoms with Crippen LogP contribution in [0.1, 0.15) is 40.4 Å². The van der Waals surface area contributed by atoms with Crippen molar-refractivity contribution in [2.24, 2.45) is 13.0 Å². The number of fused-ring (bicyclic) bond motifs is 1. The number of aryl methyl sites for hydroxylation is 1. The molecule has 6 heterocycles. The molecule has 2 saturated heterocycles. The third kappa shape index (κ3) is 6.16. The van der Waals surface area contributed by atoms with E-state index in [1.165, 1.54) is 22.2 Å². The zero-order valence-corrected chi connectivity index (χ0v) is 28.6. The molecule has 2 aliphatic heterocycles. The number of carbonyl (C=O) groups excluding carboxylic acids is 2. The third-order valence-electron chi connectivity index (χ3n) is 9.69. The summed E-state index contributed by atoms with van der Waals surface area (Å²) in [7, 11) is 1.83. The number of piperidine rings is 2. The molecule has 0 radical (unpaired) electrons. The van der Waals surface area contributed by atoms with Crippen LogP contribution in [0.2, 0.25) is 10.2 Å². The minimum atomic E-state index is -1.13. The molecule has 1 N–H and O–H groups in total. The first-order valence-corrected chi connectivity index (χ1v) is 17.5. The van der Waals surface area contributed by atoms with Crippen LogP contribution in [0.4, 0.5) is 0 Å². The number of amides is 2. The van der Waals surface area contributed by atoms with Crippen LogP contribution in [-0.4, -0.2) is 77.6 Å². The van der Waals surface area contributed by atoms with Crippen LogP contribution in [0.3, 0.4) is 0 Å². The molecule has 2 aliphatic rings. The number of halogens is 2. The predicted octanol–water partition coefficient (Wildman–Crippen LogP) is 5.46. The molecule has 0 aliphatic carbocycles. The van der Waals surface area contributed by atoms with Gasteiger partial charge in [0, 0.05) is 67.9 Å². The Hall–Kier alpha value is -4.03. The van der Waals surface area contributed by atoms with Crippen LogP contribution in [0.25, 0.3) is 21.5 Å². The number of rotatable bonds is 6. The normalized spacial score (nSPS) is 19.5. The molecule has 48 heavy (non-hydrogen) atoms. The van der Waals surface area contributed by atoms with E-state index in [2.05, 4.69) is 9.97 Å². The Morgan fingerprint density at radius 1 is 1.00 bits per heavy atom. The average molecular weight is 706 g/mol. The van der Waals surface area contributed by atoms with E-state index in [4.69, 9.17) is 23.2 Å². The summed E-state index contributed by atoms with van der Waals surface area (Å²) in [6.45, 7) is 1.73. The quantitative estimate of drug-likeness (QED) is 0.235. The standard InChI is InChI=1S/C35H34Cl2N6O4S/c1-40-15-10-25-31(40)39-21-43(33(25)45)20-35(47)12-17-41(18-13-35)32(44)23-11-16-42(19-26(23)22-5-3-2-4-6-22)34(46)28-8-7-27(48-28)24-9-14-38-30(37)29(24)36/h2-10,14-15,21,23,26,47H,11-13,16-20H2,1H3/t23-,26+/m1/s1. The summed E-state index contributed by atoms with van der Waals surface area (Å²) in [4.78, 5) is 54.5. The highest BCUT2D eigenvalue weighted by Gasteiger charge is 2.42. The number of thiophene rings is 1. The fourth-order valence-electron chi connectivity index (χ4n) is 6.98. The minimum absolute atomic E-state index is 0.0326. The molecule has 7 rings (SSSR count). The number of nitrogens with zero attached hydrogens (tertiary/aromatic N) is 6.